The largest absolute Gasteiger partial charge is 0.368 e. The molecule has 0 aliphatic carbocycles. The third kappa shape index (κ3) is 5.77. The Balaban J connectivity index is 1.50. The van der Waals surface area contributed by atoms with Crippen molar-refractivity contribution in [2.75, 3.05) is 51.7 Å². The maximum Gasteiger partial charge on any atom is 0.242 e. The van der Waals surface area contributed by atoms with Gasteiger partial charge in [-0.2, -0.15) is 5.10 Å². The number of hydrogen-bond acceptors (Lipinski definition) is 4. The first-order chi connectivity index (χ1) is 14.9. The Labute approximate surface area is 185 Å². The van der Waals surface area contributed by atoms with Gasteiger partial charge in [0.1, 0.15) is 0 Å². The number of guanidine groups is 1. The molecule has 0 atom stereocenters. The summed E-state index contributed by atoms with van der Waals surface area (Å²) in [5, 5.41) is 7.81. The summed E-state index contributed by atoms with van der Waals surface area (Å²) in [7, 11) is 5.67. The molecule has 1 aromatic heterocycles. The van der Waals surface area contributed by atoms with E-state index < -0.39 is 0 Å². The molecule has 2 heterocycles. The molecule has 0 bridgehead atoms. The van der Waals surface area contributed by atoms with Crippen molar-refractivity contribution >= 4 is 17.6 Å². The highest BCUT2D eigenvalue weighted by atomic mass is 16.2. The molecule has 8 nitrogen and oxygen atoms in total. The molecule has 168 valence electrons. The van der Waals surface area contributed by atoms with Crippen LogP contribution < -0.4 is 10.2 Å². The lowest BCUT2D eigenvalue weighted by atomic mass is 10.1. The molecule has 1 aliphatic rings. The number of nitrogens with zero attached hydrogens (tertiary/aromatic N) is 6. The molecule has 0 spiro atoms. The molecule has 31 heavy (non-hydrogen) atoms. The molecule has 0 radical (unpaired) electrons. The molecular formula is C23H35N7O. The lowest BCUT2D eigenvalue weighted by Gasteiger charge is -2.36. The third-order valence-corrected chi connectivity index (χ3v) is 5.62. The second-order valence-electron chi connectivity index (χ2n) is 8.33. The van der Waals surface area contributed by atoms with Crippen molar-refractivity contribution < 1.29 is 4.79 Å². The molecule has 1 aromatic carbocycles. The lowest BCUT2D eigenvalue weighted by molar-refractivity contribution is -0.130. The topological polar surface area (TPSA) is 69.0 Å². The van der Waals surface area contributed by atoms with Crippen LogP contribution in [0, 0.1) is 0 Å². The zero-order valence-corrected chi connectivity index (χ0v) is 19.4. The van der Waals surface area contributed by atoms with Gasteiger partial charge in [-0.25, -0.2) is 0 Å². The monoisotopic (exact) mass is 425 g/mol. The van der Waals surface area contributed by atoms with Crippen LogP contribution in [0.25, 0.3) is 0 Å². The van der Waals surface area contributed by atoms with Crippen molar-refractivity contribution in [1.82, 2.24) is 24.9 Å². The molecular weight excluding hydrogens is 390 g/mol. The van der Waals surface area contributed by atoms with E-state index in [-0.39, 0.29) is 12.5 Å². The summed E-state index contributed by atoms with van der Waals surface area (Å²) in [5.74, 6) is 1.16. The molecule has 1 fully saturated rings. The fourth-order valence-corrected chi connectivity index (χ4v) is 4.00. The number of benzene rings is 1. The Morgan fingerprint density at radius 1 is 1.19 bits per heavy atom. The average Bonchev–Trinajstić information content (AvgIpc) is 3.15. The number of nitrogens with one attached hydrogen (secondary N) is 1. The number of hydrogen-bond donors (Lipinski definition) is 1. The summed E-state index contributed by atoms with van der Waals surface area (Å²) in [6.07, 6.45) is 2.05. The first kappa shape index (κ1) is 22.7. The number of carbonyl (C=O) groups is 1. The Kier molecular flexibility index (Phi) is 7.55. The van der Waals surface area contributed by atoms with Crippen LogP contribution in [0.4, 0.5) is 5.69 Å². The van der Waals surface area contributed by atoms with E-state index in [0.717, 1.165) is 31.9 Å². The van der Waals surface area contributed by atoms with Crippen LogP contribution >= 0.6 is 0 Å². The van der Waals surface area contributed by atoms with Crippen LogP contribution in [-0.2, 0) is 18.4 Å². The highest BCUT2D eigenvalue weighted by Gasteiger charge is 2.22. The predicted molar refractivity (Wildman–Crippen MR) is 125 cm³/mol. The molecule has 0 unspecified atom stereocenters. The number of piperazine rings is 1. The van der Waals surface area contributed by atoms with Gasteiger partial charge in [-0.1, -0.05) is 32.0 Å². The standard InChI is InChI=1S/C23H35N7O/c1-18(2)22-19(17-28(5)26-22)16-27(4)23(24-3)25-15-21(31)30-13-11-29(12-14-30)20-9-7-6-8-10-20/h6-10,17-18H,11-16H2,1-5H3,(H,24,25). The van der Waals surface area contributed by atoms with Crippen LogP contribution in [0.5, 0.6) is 0 Å². The third-order valence-electron chi connectivity index (χ3n) is 5.62. The summed E-state index contributed by atoms with van der Waals surface area (Å²) in [5.41, 5.74) is 3.48. The zero-order valence-electron chi connectivity index (χ0n) is 19.4. The van der Waals surface area contributed by atoms with Gasteiger partial charge in [0.25, 0.3) is 0 Å². The second kappa shape index (κ2) is 10.3. The van der Waals surface area contributed by atoms with Gasteiger partial charge in [0.15, 0.2) is 5.96 Å². The number of aromatic nitrogens is 2. The van der Waals surface area contributed by atoms with E-state index in [2.05, 4.69) is 64.6 Å². The van der Waals surface area contributed by atoms with Crippen molar-refractivity contribution in [3.05, 3.63) is 47.8 Å². The van der Waals surface area contributed by atoms with E-state index in [0.29, 0.717) is 18.4 Å². The van der Waals surface area contributed by atoms with Gasteiger partial charge in [-0.05, 0) is 18.1 Å². The Hall–Kier alpha value is -3.03. The van der Waals surface area contributed by atoms with Gasteiger partial charge in [0.05, 0.1) is 12.2 Å². The van der Waals surface area contributed by atoms with Gasteiger partial charge in [-0.3, -0.25) is 14.5 Å². The zero-order chi connectivity index (χ0) is 22.4. The number of aliphatic imine (C=N–C) groups is 1. The van der Waals surface area contributed by atoms with Gasteiger partial charge < -0.3 is 20.0 Å². The van der Waals surface area contributed by atoms with Gasteiger partial charge in [0.2, 0.25) is 5.91 Å². The van der Waals surface area contributed by atoms with E-state index in [1.165, 1.54) is 11.3 Å². The minimum absolute atomic E-state index is 0.103. The quantitative estimate of drug-likeness (QED) is 0.566. The van der Waals surface area contributed by atoms with Crippen molar-refractivity contribution in [2.24, 2.45) is 12.0 Å². The first-order valence-corrected chi connectivity index (χ1v) is 10.9. The Morgan fingerprint density at radius 3 is 2.48 bits per heavy atom. The van der Waals surface area contributed by atoms with E-state index in [1.807, 2.05) is 34.6 Å². The number of rotatable bonds is 6. The summed E-state index contributed by atoms with van der Waals surface area (Å²) in [6, 6.07) is 10.4. The summed E-state index contributed by atoms with van der Waals surface area (Å²) in [6.45, 7) is 8.39. The molecule has 1 aliphatic heterocycles. The highest BCUT2D eigenvalue weighted by molar-refractivity contribution is 5.86. The maximum atomic E-state index is 12.7. The average molecular weight is 426 g/mol. The van der Waals surface area contributed by atoms with E-state index >= 15 is 0 Å². The van der Waals surface area contributed by atoms with E-state index in [4.69, 9.17) is 0 Å². The van der Waals surface area contributed by atoms with Crippen LogP contribution in [0.15, 0.2) is 41.5 Å². The first-order valence-electron chi connectivity index (χ1n) is 10.9. The van der Waals surface area contributed by atoms with Crippen molar-refractivity contribution in [3.63, 3.8) is 0 Å². The fourth-order valence-electron chi connectivity index (χ4n) is 4.00. The van der Waals surface area contributed by atoms with Crippen molar-refractivity contribution in [1.29, 1.82) is 0 Å². The second-order valence-corrected chi connectivity index (χ2v) is 8.33. The van der Waals surface area contributed by atoms with Crippen LogP contribution in [0.2, 0.25) is 0 Å². The van der Waals surface area contributed by atoms with Crippen LogP contribution in [0.3, 0.4) is 0 Å². The molecule has 1 N–H and O–H groups in total. The summed E-state index contributed by atoms with van der Waals surface area (Å²) in [4.78, 5) is 23.4. The fraction of sp³-hybridized carbons (Fsp3) is 0.522. The number of para-hydroxylation sites is 1. The minimum Gasteiger partial charge on any atom is -0.368 e. The van der Waals surface area contributed by atoms with Gasteiger partial charge in [0, 0.05) is 71.3 Å². The van der Waals surface area contributed by atoms with Crippen LogP contribution in [-0.4, -0.2) is 78.3 Å². The molecule has 2 aromatic rings. The summed E-state index contributed by atoms with van der Waals surface area (Å²) >= 11 is 0. The SMILES string of the molecule is CN=C(NCC(=O)N1CCN(c2ccccc2)CC1)N(C)Cc1cn(C)nc1C(C)C. The lowest BCUT2D eigenvalue weighted by Crippen LogP contribution is -2.52. The molecule has 0 saturated carbocycles. The normalized spacial score (nSPS) is 14.8. The number of carbonyl (C=O) groups excluding carboxylic acids is 1. The number of anilines is 1. The maximum absolute atomic E-state index is 12.7. The molecule has 1 saturated heterocycles. The van der Waals surface area contributed by atoms with E-state index in [1.54, 1.807) is 7.05 Å². The van der Waals surface area contributed by atoms with Crippen molar-refractivity contribution in [3.8, 4) is 0 Å². The van der Waals surface area contributed by atoms with Gasteiger partial charge >= 0.3 is 0 Å². The smallest absolute Gasteiger partial charge is 0.242 e. The molecule has 8 heteroatoms. The number of aryl methyl sites for hydroxylation is 1. The van der Waals surface area contributed by atoms with Gasteiger partial charge in [-0.15, -0.1) is 0 Å². The predicted octanol–water partition coefficient (Wildman–Crippen LogP) is 1.90. The summed E-state index contributed by atoms with van der Waals surface area (Å²) < 4.78 is 1.85. The minimum atomic E-state index is 0.103. The highest BCUT2D eigenvalue weighted by Crippen LogP contribution is 2.19. The number of amides is 1. The van der Waals surface area contributed by atoms with Crippen molar-refractivity contribution in [2.45, 2.75) is 26.3 Å². The molecule has 1 amide bonds. The van der Waals surface area contributed by atoms with E-state index in [9.17, 15) is 4.79 Å². The Morgan fingerprint density at radius 2 is 1.87 bits per heavy atom. The van der Waals surface area contributed by atoms with Crippen LogP contribution in [0.1, 0.15) is 31.0 Å². The molecule has 3 rings (SSSR count). The Bertz CT molecular complexity index is 883.